The van der Waals surface area contributed by atoms with Crippen LogP contribution < -0.4 is 5.32 Å². The Morgan fingerprint density at radius 2 is 2.43 bits per heavy atom. The minimum Gasteiger partial charge on any atom is -0.394 e. The number of aliphatic hydroxyl groups excluding tert-OH is 1. The highest BCUT2D eigenvalue weighted by Crippen LogP contribution is 2.25. The first-order valence-corrected chi connectivity index (χ1v) is 4.74. The third-order valence-corrected chi connectivity index (χ3v) is 2.58. The van der Waals surface area contributed by atoms with Gasteiger partial charge in [0.2, 0.25) is 0 Å². The van der Waals surface area contributed by atoms with Crippen LogP contribution in [0.4, 0.5) is 5.69 Å². The first-order chi connectivity index (χ1) is 6.83. The normalized spacial score (nSPS) is 19.3. The molecule has 0 saturated heterocycles. The summed E-state index contributed by atoms with van der Waals surface area (Å²) in [6.45, 7) is 0.149. The maximum Gasteiger partial charge on any atom is 0.0992 e. The molecule has 0 aromatic heterocycles. The van der Waals surface area contributed by atoms with Gasteiger partial charge in [-0.2, -0.15) is 5.26 Å². The van der Waals surface area contributed by atoms with Gasteiger partial charge in [0.05, 0.1) is 18.2 Å². The van der Waals surface area contributed by atoms with Crippen molar-refractivity contribution >= 4 is 5.69 Å². The van der Waals surface area contributed by atoms with E-state index in [2.05, 4.69) is 11.4 Å². The summed E-state index contributed by atoms with van der Waals surface area (Å²) in [6, 6.07) is 7.90. The molecule has 1 aromatic carbocycles. The molecule has 1 heterocycles. The fraction of sp³-hybridized carbons (Fsp3) is 0.364. The molecule has 0 aliphatic carbocycles. The van der Waals surface area contributed by atoms with Gasteiger partial charge in [-0.1, -0.05) is 6.07 Å². The number of aryl methyl sites for hydroxylation is 1. The first-order valence-electron chi connectivity index (χ1n) is 4.74. The highest BCUT2D eigenvalue weighted by molar-refractivity contribution is 5.57. The number of benzene rings is 1. The molecular formula is C11H12N2O. The fourth-order valence-electron chi connectivity index (χ4n) is 1.76. The summed E-state index contributed by atoms with van der Waals surface area (Å²) >= 11 is 0. The summed E-state index contributed by atoms with van der Waals surface area (Å²) in [5.41, 5.74) is 2.89. The van der Waals surface area contributed by atoms with Gasteiger partial charge in [-0.3, -0.25) is 0 Å². The van der Waals surface area contributed by atoms with Crippen molar-refractivity contribution in [2.45, 2.75) is 18.9 Å². The third-order valence-electron chi connectivity index (χ3n) is 2.58. The molecule has 0 bridgehead atoms. The Morgan fingerprint density at radius 1 is 1.57 bits per heavy atom. The smallest absolute Gasteiger partial charge is 0.0992 e. The molecule has 3 heteroatoms. The van der Waals surface area contributed by atoms with Crippen molar-refractivity contribution in [3.8, 4) is 6.07 Å². The Kier molecular flexibility index (Phi) is 2.38. The van der Waals surface area contributed by atoms with Crippen molar-refractivity contribution in [3.63, 3.8) is 0 Å². The minimum atomic E-state index is 0.136. The summed E-state index contributed by atoms with van der Waals surface area (Å²) in [5, 5.41) is 21.0. The molecular weight excluding hydrogens is 176 g/mol. The fourth-order valence-corrected chi connectivity index (χ4v) is 1.76. The molecule has 0 unspecified atom stereocenters. The van der Waals surface area contributed by atoms with Gasteiger partial charge in [-0.25, -0.2) is 0 Å². The molecule has 14 heavy (non-hydrogen) atoms. The van der Waals surface area contributed by atoms with E-state index in [1.165, 1.54) is 5.56 Å². The topological polar surface area (TPSA) is 56.0 Å². The van der Waals surface area contributed by atoms with E-state index in [4.69, 9.17) is 10.4 Å². The number of aliphatic hydroxyl groups is 1. The lowest BCUT2D eigenvalue weighted by atomic mass is 9.97. The van der Waals surface area contributed by atoms with E-state index in [1.807, 2.05) is 18.2 Å². The van der Waals surface area contributed by atoms with Crippen molar-refractivity contribution in [2.75, 3.05) is 11.9 Å². The number of anilines is 1. The molecule has 1 aromatic rings. The van der Waals surface area contributed by atoms with Crippen molar-refractivity contribution in [1.82, 2.24) is 0 Å². The highest BCUT2D eigenvalue weighted by atomic mass is 16.3. The summed E-state index contributed by atoms with van der Waals surface area (Å²) in [7, 11) is 0. The monoisotopic (exact) mass is 188 g/mol. The molecule has 0 spiro atoms. The second-order valence-corrected chi connectivity index (χ2v) is 3.55. The van der Waals surface area contributed by atoms with Crippen molar-refractivity contribution in [3.05, 3.63) is 29.3 Å². The lowest BCUT2D eigenvalue weighted by molar-refractivity contribution is 0.267. The summed E-state index contributed by atoms with van der Waals surface area (Å²) in [6.07, 6.45) is 1.93. The van der Waals surface area contributed by atoms with E-state index in [0.717, 1.165) is 18.5 Å². The number of hydrogen-bond donors (Lipinski definition) is 2. The molecule has 0 fully saturated rings. The quantitative estimate of drug-likeness (QED) is 0.698. The molecule has 72 valence electrons. The Labute approximate surface area is 83.0 Å². The van der Waals surface area contributed by atoms with E-state index in [9.17, 15) is 0 Å². The number of hydrogen-bond acceptors (Lipinski definition) is 3. The van der Waals surface area contributed by atoms with Crippen LogP contribution >= 0.6 is 0 Å². The van der Waals surface area contributed by atoms with Gasteiger partial charge in [0.25, 0.3) is 0 Å². The number of nitriles is 1. The van der Waals surface area contributed by atoms with E-state index in [1.54, 1.807) is 0 Å². The predicted octanol–water partition coefficient (Wildman–Crippen LogP) is 1.28. The number of fused-ring (bicyclic) bond motifs is 1. The lowest BCUT2D eigenvalue weighted by Gasteiger charge is -2.25. The van der Waals surface area contributed by atoms with E-state index in [0.29, 0.717) is 5.56 Å². The van der Waals surface area contributed by atoms with Crippen LogP contribution in [0, 0.1) is 11.3 Å². The van der Waals surface area contributed by atoms with Crippen LogP contribution in [0.3, 0.4) is 0 Å². The van der Waals surface area contributed by atoms with Crippen LogP contribution in [0.25, 0.3) is 0 Å². The average molecular weight is 188 g/mol. The molecule has 1 aliphatic heterocycles. The van der Waals surface area contributed by atoms with Crippen molar-refractivity contribution in [1.29, 1.82) is 5.26 Å². The molecule has 2 N–H and O–H groups in total. The van der Waals surface area contributed by atoms with Gasteiger partial charge in [0.1, 0.15) is 0 Å². The van der Waals surface area contributed by atoms with Crippen LogP contribution in [0.1, 0.15) is 17.5 Å². The van der Waals surface area contributed by atoms with Gasteiger partial charge in [0.15, 0.2) is 0 Å². The second-order valence-electron chi connectivity index (χ2n) is 3.55. The van der Waals surface area contributed by atoms with Crippen LogP contribution in [0.2, 0.25) is 0 Å². The van der Waals surface area contributed by atoms with Gasteiger partial charge >= 0.3 is 0 Å². The number of nitrogens with one attached hydrogen (secondary N) is 1. The zero-order chi connectivity index (χ0) is 9.97. The molecule has 2 rings (SSSR count). The molecule has 0 radical (unpaired) electrons. The van der Waals surface area contributed by atoms with Gasteiger partial charge < -0.3 is 10.4 Å². The zero-order valence-electron chi connectivity index (χ0n) is 7.83. The maximum absolute atomic E-state index is 9.02. The van der Waals surface area contributed by atoms with Crippen molar-refractivity contribution in [2.24, 2.45) is 0 Å². The zero-order valence-corrected chi connectivity index (χ0v) is 7.83. The SMILES string of the molecule is N#Cc1ccc2c(c1)N[C@@H](CO)CC2. The van der Waals surface area contributed by atoms with E-state index < -0.39 is 0 Å². The molecule has 1 atom stereocenters. The van der Waals surface area contributed by atoms with Gasteiger partial charge in [-0.15, -0.1) is 0 Å². The average Bonchev–Trinajstić information content (AvgIpc) is 2.27. The Hall–Kier alpha value is -1.53. The largest absolute Gasteiger partial charge is 0.394 e. The predicted molar refractivity (Wildman–Crippen MR) is 54.0 cm³/mol. The summed E-state index contributed by atoms with van der Waals surface area (Å²) in [5.74, 6) is 0. The van der Waals surface area contributed by atoms with Crippen molar-refractivity contribution < 1.29 is 5.11 Å². The first kappa shape index (κ1) is 9.04. The standard InChI is InChI=1S/C11H12N2O/c12-6-8-1-2-9-3-4-10(7-14)13-11(9)5-8/h1-2,5,10,13-14H,3-4,7H2/t10-/m1/s1. The minimum absolute atomic E-state index is 0.136. The molecule has 1 aliphatic rings. The lowest BCUT2D eigenvalue weighted by Crippen LogP contribution is -2.28. The Bertz CT molecular complexity index is 381. The van der Waals surface area contributed by atoms with Crippen LogP contribution in [0.15, 0.2) is 18.2 Å². The van der Waals surface area contributed by atoms with E-state index >= 15 is 0 Å². The van der Waals surface area contributed by atoms with Gasteiger partial charge in [0, 0.05) is 11.7 Å². The number of nitrogens with zero attached hydrogens (tertiary/aromatic N) is 1. The molecule has 0 amide bonds. The van der Waals surface area contributed by atoms with Crippen LogP contribution in [-0.2, 0) is 6.42 Å². The van der Waals surface area contributed by atoms with Crippen LogP contribution in [0.5, 0.6) is 0 Å². The molecule has 0 saturated carbocycles. The van der Waals surface area contributed by atoms with E-state index in [-0.39, 0.29) is 12.6 Å². The van der Waals surface area contributed by atoms with Crippen LogP contribution in [-0.4, -0.2) is 17.8 Å². The van der Waals surface area contributed by atoms with Gasteiger partial charge in [-0.05, 0) is 30.5 Å². The third kappa shape index (κ3) is 1.57. The molecule has 3 nitrogen and oxygen atoms in total. The second kappa shape index (κ2) is 3.69. The Morgan fingerprint density at radius 3 is 3.14 bits per heavy atom. The Balaban J connectivity index is 2.31. The maximum atomic E-state index is 9.02. The summed E-state index contributed by atoms with van der Waals surface area (Å²) < 4.78 is 0. The highest BCUT2D eigenvalue weighted by Gasteiger charge is 2.16. The summed E-state index contributed by atoms with van der Waals surface area (Å²) in [4.78, 5) is 0. The number of rotatable bonds is 1.